The van der Waals surface area contributed by atoms with E-state index >= 15 is 0 Å². The topological polar surface area (TPSA) is 69.7 Å². The summed E-state index contributed by atoms with van der Waals surface area (Å²) >= 11 is 6.30. The third-order valence-electron chi connectivity index (χ3n) is 3.44. The molecule has 2 rings (SSSR count). The molecule has 1 amide bonds. The second-order valence-corrected chi connectivity index (χ2v) is 7.24. The summed E-state index contributed by atoms with van der Waals surface area (Å²) in [5.41, 5.74) is 0.788. The van der Waals surface area contributed by atoms with Gasteiger partial charge in [-0.1, -0.05) is 50.0 Å². The maximum atomic E-state index is 12.6. The van der Waals surface area contributed by atoms with Gasteiger partial charge in [0.25, 0.3) is 5.91 Å². The summed E-state index contributed by atoms with van der Waals surface area (Å²) in [5, 5.41) is 11.4. The number of thioether (sulfide) groups is 1. The van der Waals surface area contributed by atoms with Gasteiger partial charge >= 0.3 is 0 Å². The van der Waals surface area contributed by atoms with Crippen LogP contribution in [-0.2, 0) is 9.59 Å². The van der Waals surface area contributed by atoms with E-state index in [1.807, 2.05) is 31.2 Å². The number of hydrogen-bond acceptors (Lipinski definition) is 6. The van der Waals surface area contributed by atoms with Gasteiger partial charge < -0.3 is 14.6 Å². The number of carboxylic acid groups (broad SMARTS) is 1. The van der Waals surface area contributed by atoms with E-state index in [0.29, 0.717) is 17.3 Å². The Bertz CT molecular complexity index is 700. The molecule has 7 heteroatoms. The molecule has 128 valence electrons. The Kier molecular flexibility index (Phi) is 6.01. The van der Waals surface area contributed by atoms with E-state index in [0.717, 1.165) is 22.2 Å². The first kappa shape index (κ1) is 18.5. The van der Waals surface area contributed by atoms with Crippen molar-refractivity contribution in [1.29, 1.82) is 0 Å². The normalized spacial score (nSPS) is 17.7. The highest BCUT2D eigenvalue weighted by Gasteiger charge is 2.38. The molecule has 0 saturated carbocycles. The van der Waals surface area contributed by atoms with E-state index in [4.69, 9.17) is 17.0 Å². The van der Waals surface area contributed by atoms with Crippen molar-refractivity contribution in [3.05, 3.63) is 34.7 Å². The lowest BCUT2D eigenvalue weighted by molar-refractivity contribution is -0.311. The number of carbonyl (C=O) groups is 2. The fraction of sp³-hybridized carbons (Fsp3) is 0.353. The Balaban J connectivity index is 2.31. The Morgan fingerprint density at radius 3 is 2.75 bits per heavy atom. The summed E-state index contributed by atoms with van der Waals surface area (Å²) < 4.78 is 5.67. The second kappa shape index (κ2) is 7.81. The predicted molar refractivity (Wildman–Crippen MR) is 96.3 cm³/mol. The molecular formula is C17H18NO4S2-. The average molecular weight is 364 g/mol. The molecular weight excluding hydrogens is 346 g/mol. The number of carbonyl (C=O) groups excluding carboxylic acids is 2. The van der Waals surface area contributed by atoms with Crippen molar-refractivity contribution in [2.75, 3.05) is 6.61 Å². The molecule has 1 atom stereocenters. The number of thiocarbonyl (C=S) groups is 1. The maximum Gasteiger partial charge on any atom is 0.266 e. The minimum atomic E-state index is -1.30. The molecule has 24 heavy (non-hydrogen) atoms. The molecule has 0 bridgehead atoms. The Labute approximate surface area is 150 Å². The highest BCUT2D eigenvalue weighted by molar-refractivity contribution is 8.26. The van der Waals surface area contributed by atoms with Gasteiger partial charge in [0.15, 0.2) is 0 Å². The SMILES string of the molecule is CCOc1cccc(/C=C2/SC(=S)N([C@H](C(=O)[O-])C(C)C)C2=O)c1. The molecule has 5 nitrogen and oxygen atoms in total. The third kappa shape index (κ3) is 3.96. The van der Waals surface area contributed by atoms with Crippen LogP contribution in [0.4, 0.5) is 0 Å². The third-order valence-corrected chi connectivity index (χ3v) is 4.77. The summed E-state index contributed by atoms with van der Waals surface area (Å²) in [4.78, 5) is 25.5. The van der Waals surface area contributed by atoms with Crippen LogP contribution in [0.25, 0.3) is 6.08 Å². The van der Waals surface area contributed by atoms with E-state index in [1.54, 1.807) is 19.9 Å². The molecule has 0 N–H and O–H groups in total. The van der Waals surface area contributed by atoms with E-state index in [-0.39, 0.29) is 10.2 Å². The van der Waals surface area contributed by atoms with Gasteiger partial charge in [-0.2, -0.15) is 0 Å². The lowest BCUT2D eigenvalue weighted by Crippen LogP contribution is -2.52. The molecule has 1 aromatic carbocycles. The number of benzene rings is 1. The lowest BCUT2D eigenvalue weighted by Gasteiger charge is -2.30. The second-order valence-electron chi connectivity index (χ2n) is 5.57. The summed E-state index contributed by atoms with van der Waals surface area (Å²) in [7, 11) is 0. The molecule has 0 radical (unpaired) electrons. The number of aliphatic carboxylic acids is 1. The van der Waals surface area contributed by atoms with Crippen molar-refractivity contribution in [3.63, 3.8) is 0 Å². The smallest absolute Gasteiger partial charge is 0.266 e. The molecule has 0 aliphatic carbocycles. The Hall–Kier alpha value is -1.86. The van der Waals surface area contributed by atoms with Gasteiger partial charge in [-0.15, -0.1) is 0 Å². The molecule has 1 saturated heterocycles. The zero-order valence-corrected chi connectivity index (χ0v) is 15.3. The van der Waals surface area contributed by atoms with Gasteiger partial charge in [-0.25, -0.2) is 0 Å². The van der Waals surface area contributed by atoms with Crippen LogP contribution >= 0.6 is 24.0 Å². The van der Waals surface area contributed by atoms with Crippen molar-refractivity contribution < 1.29 is 19.4 Å². The summed E-state index contributed by atoms with van der Waals surface area (Å²) in [6.45, 7) is 5.87. The molecule has 1 aromatic rings. The monoisotopic (exact) mass is 364 g/mol. The van der Waals surface area contributed by atoms with Gasteiger partial charge in [0, 0.05) is 0 Å². The molecule has 0 spiro atoms. The van der Waals surface area contributed by atoms with Crippen molar-refractivity contribution in [2.24, 2.45) is 5.92 Å². The van der Waals surface area contributed by atoms with Crippen LogP contribution in [0.1, 0.15) is 26.3 Å². The predicted octanol–water partition coefficient (Wildman–Crippen LogP) is 2.06. The van der Waals surface area contributed by atoms with Crippen molar-refractivity contribution in [2.45, 2.75) is 26.8 Å². The van der Waals surface area contributed by atoms with Gasteiger partial charge in [0.1, 0.15) is 10.1 Å². The maximum absolute atomic E-state index is 12.6. The van der Waals surface area contributed by atoms with Gasteiger partial charge in [0.2, 0.25) is 0 Å². The highest BCUT2D eigenvalue weighted by Crippen LogP contribution is 2.35. The van der Waals surface area contributed by atoms with E-state index in [1.165, 1.54) is 0 Å². The van der Waals surface area contributed by atoms with Crippen LogP contribution in [0.3, 0.4) is 0 Å². The van der Waals surface area contributed by atoms with Gasteiger partial charge in [-0.05, 0) is 36.6 Å². The minimum Gasteiger partial charge on any atom is -0.548 e. The quantitative estimate of drug-likeness (QED) is 0.568. The number of nitrogens with zero attached hydrogens (tertiary/aromatic N) is 1. The average Bonchev–Trinajstić information content (AvgIpc) is 2.75. The molecule has 1 aliphatic rings. The first-order valence-corrected chi connectivity index (χ1v) is 8.78. The number of amides is 1. The fourth-order valence-electron chi connectivity index (χ4n) is 2.41. The minimum absolute atomic E-state index is 0.232. The number of carboxylic acids is 1. The van der Waals surface area contributed by atoms with Crippen LogP contribution in [0.2, 0.25) is 0 Å². The number of rotatable bonds is 6. The first-order valence-electron chi connectivity index (χ1n) is 7.56. The van der Waals surface area contributed by atoms with Crippen LogP contribution in [-0.4, -0.2) is 33.7 Å². The molecule has 0 aromatic heterocycles. The first-order chi connectivity index (χ1) is 11.3. The van der Waals surface area contributed by atoms with E-state index < -0.39 is 17.9 Å². The number of hydrogen-bond donors (Lipinski definition) is 0. The zero-order chi connectivity index (χ0) is 17.9. The zero-order valence-electron chi connectivity index (χ0n) is 13.6. The number of ether oxygens (including phenoxy) is 1. The van der Waals surface area contributed by atoms with Crippen molar-refractivity contribution >= 4 is 46.3 Å². The largest absolute Gasteiger partial charge is 0.548 e. The highest BCUT2D eigenvalue weighted by atomic mass is 32.2. The van der Waals surface area contributed by atoms with Crippen LogP contribution in [0, 0.1) is 5.92 Å². The summed E-state index contributed by atoms with van der Waals surface area (Å²) in [6.07, 6.45) is 1.69. The van der Waals surface area contributed by atoms with E-state index in [9.17, 15) is 14.7 Å². The summed E-state index contributed by atoms with van der Waals surface area (Å²) in [6, 6.07) is 6.24. The molecule has 1 aliphatic heterocycles. The molecule has 0 unspecified atom stereocenters. The Morgan fingerprint density at radius 1 is 1.46 bits per heavy atom. The fourth-order valence-corrected chi connectivity index (χ4v) is 3.74. The van der Waals surface area contributed by atoms with Crippen LogP contribution in [0.15, 0.2) is 29.2 Å². The standard InChI is InChI=1S/C17H19NO4S2/c1-4-22-12-7-5-6-11(8-12)9-13-15(19)18(17(23)24-13)14(10(2)3)16(20)21/h5-10,14H,4H2,1-3H3,(H,20,21)/p-1/b13-9+/t14-/m0/s1. The van der Waals surface area contributed by atoms with Gasteiger partial charge in [-0.3, -0.25) is 9.69 Å². The Morgan fingerprint density at radius 2 is 2.17 bits per heavy atom. The van der Waals surface area contributed by atoms with Crippen LogP contribution < -0.4 is 9.84 Å². The molecule has 1 fully saturated rings. The molecule has 1 heterocycles. The van der Waals surface area contributed by atoms with Crippen molar-refractivity contribution in [3.8, 4) is 5.75 Å². The summed E-state index contributed by atoms with van der Waals surface area (Å²) in [5.74, 6) is -1.31. The van der Waals surface area contributed by atoms with Crippen molar-refractivity contribution in [1.82, 2.24) is 4.90 Å². The van der Waals surface area contributed by atoms with Gasteiger partial charge in [0.05, 0.1) is 23.5 Å². The van der Waals surface area contributed by atoms with E-state index in [2.05, 4.69) is 0 Å². The van der Waals surface area contributed by atoms with Crippen LogP contribution in [0.5, 0.6) is 5.75 Å². The lowest BCUT2D eigenvalue weighted by atomic mass is 10.0.